The van der Waals surface area contributed by atoms with Crippen LogP contribution in [0, 0.1) is 0 Å². The van der Waals surface area contributed by atoms with Crippen LogP contribution in [0.1, 0.15) is 55.8 Å². The highest BCUT2D eigenvalue weighted by Crippen LogP contribution is 2.11. The first kappa shape index (κ1) is 15.7. The maximum atomic E-state index is 11.2. The minimum absolute atomic E-state index is 0.234. The third-order valence-electron chi connectivity index (χ3n) is 3.21. The van der Waals surface area contributed by atoms with Crippen molar-refractivity contribution in [3.05, 3.63) is 29.8 Å². The summed E-state index contributed by atoms with van der Waals surface area (Å²) < 4.78 is 0. The largest absolute Gasteiger partial charge is 0.388 e. The number of ketones is 1. The number of anilines is 1. The molecule has 1 rings (SSSR count). The van der Waals surface area contributed by atoms with Gasteiger partial charge in [-0.05, 0) is 30.7 Å². The highest BCUT2D eigenvalue weighted by molar-refractivity contribution is 5.97. The summed E-state index contributed by atoms with van der Waals surface area (Å²) in [4.78, 5) is 11.2. The van der Waals surface area contributed by atoms with E-state index in [2.05, 4.69) is 12.2 Å². The van der Waals surface area contributed by atoms with E-state index < -0.39 is 6.61 Å². The van der Waals surface area contributed by atoms with Gasteiger partial charge in [-0.2, -0.15) is 0 Å². The van der Waals surface area contributed by atoms with E-state index in [9.17, 15) is 4.79 Å². The van der Waals surface area contributed by atoms with Gasteiger partial charge in [0.2, 0.25) is 0 Å². The number of unbranched alkanes of at least 4 members (excludes halogenated alkanes) is 5. The zero-order valence-corrected chi connectivity index (χ0v) is 11.8. The van der Waals surface area contributed by atoms with E-state index in [4.69, 9.17) is 5.11 Å². The molecule has 0 saturated heterocycles. The molecule has 19 heavy (non-hydrogen) atoms. The summed E-state index contributed by atoms with van der Waals surface area (Å²) in [7, 11) is 0. The second kappa shape index (κ2) is 9.56. The van der Waals surface area contributed by atoms with Crippen LogP contribution < -0.4 is 5.32 Å². The molecule has 0 heterocycles. The molecule has 0 aliphatic carbocycles. The van der Waals surface area contributed by atoms with Crippen molar-refractivity contribution in [3.8, 4) is 0 Å². The lowest BCUT2D eigenvalue weighted by Crippen LogP contribution is -2.05. The van der Waals surface area contributed by atoms with E-state index in [1.165, 1.54) is 38.5 Å². The number of benzene rings is 1. The van der Waals surface area contributed by atoms with E-state index in [1.807, 2.05) is 12.1 Å². The Kier molecular flexibility index (Phi) is 7.91. The SMILES string of the molecule is CCCCCCCCNc1ccc(C(=O)CO)cc1. The van der Waals surface area contributed by atoms with Crippen molar-refractivity contribution in [2.24, 2.45) is 0 Å². The lowest BCUT2D eigenvalue weighted by Gasteiger charge is -2.07. The summed E-state index contributed by atoms with van der Waals surface area (Å²) in [6, 6.07) is 7.28. The summed E-state index contributed by atoms with van der Waals surface area (Å²) in [6.45, 7) is 2.77. The normalized spacial score (nSPS) is 10.4. The number of Topliss-reactive ketones (excluding diaryl/α,β-unsaturated/α-hetero) is 1. The van der Waals surface area contributed by atoms with Gasteiger partial charge in [-0.25, -0.2) is 0 Å². The van der Waals surface area contributed by atoms with E-state index in [-0.39, 0.29) is 5.78 Å². The molecule has 0 bridgehead atoms. The highest BCUT2D eigenvalue weighted by atomic mass is 16.3. The van der Waals surface area contributed by atoms with E-state index in [0.717, 1.165) is 12.2 Å². The molecular formula is C16H25NO2. The maximum absolute atomic E-state index is 11.2. The third kappa shape index (κ3) is 6.39. The van der Waals surface area contributed by atoms with Gasteiger partial charge in [0.15, 0.2) is 5.78 Å². The minimum atomic E-state index is -0.426. The molecule has 3 nitrogen and oxygen atoms in total. The molecule has 0 aliphatic rings. The maximum Gasteiger partial charge on any atom is 0.188 e. The Morgan fingerprint density at radius 2 is 1.68 bits per heavy atom. The molecule has 3 heteroatoms. The number of carbonyl (C=O) groups is 1. The van der Waals surface area contributed by atoms with Gasteiger partial charge in [-0.15, -0.1) is 0 Å². The van der Waals surface area contributed by atoms with Gasteiger partial charge in [0.1, 0.15) is 6.61 Å². The van der Waals surface area contributed by atoms with E-state index in [1.54, 1.807) is 12.1 Å². The van der Waals surface area contributed by atoms with Gasteiger partial charge < -0.3 is 10.4 Å². The van der Waals surface area contributed by atoms with Crippen LogP contribution in [0.2, 0.25) is 0 Å². The van der Waals surface area contributed by atoms with Gasteiger partial charge in [0.25, 0.3) is 0 Å². The highest BCUT2D eigenvalue weighted by Gasteiger charge is 2.02. The van der Waals surface area contributed by atoms with Crippen molar-refractivity contribution in [1.82, 2.24) is 0 Å². The molecule has 1 aromatic rings. The minimum Gasteiger partial charge on any atom is -0.388 e. The summed E-state index contributed by atoms with van der Waals surface area (Å²) in [5, 5.41) is 12.1. The number of hydrogen-bond acceptors (Lipinski definition) is 3. The first-order chi connectivity index (χ1) is 9.27. The molecular weight excluding hydrogens is 238 g/mol. The average Bonchev–Trinajstić information content (AvgIpc) is 2.46. The fourth-order valence-electron chi connectivity index (χ4n) is 2.00. The molecule has 0 radical (unpaired) electrons. The fourth-order valence-corrected chi connectivity index (χ4v) is 2.00. The number of aliphatic hydroxyl groups excluding tert-OH is 1. The molecule has 0 fully saturated rings. The lowest BCUT2D eigenvalue weighted by atomic mass is 10.1. The van der Waals surface area contributed by atoms with Crippen LogP contribution in [0.3, 0.4) is 0 Å². The molecule has 0 saturated carbocycles. The van der Waals surface area contributed by atoms with Crippen molar-refractivity contribution in [3.63, 3.8) is 0 Å². The van der Waals surface area contributed by atoms with Crippen LogP contribution in [0.15, 0.2) is 24.3 Å². The molecule has 1 aromatic carbocycles. The second-order valence-electron chi connectivity index (χ2n) is 4.85. The number of hydrogen-bond donors (Lipinski definition) is 2. The van der Waals surface area contributed by atoms with Crippen molar-refractivity contribution in [2.45, 2.75) is 45.4 Å². The standard InChI is InChI=1S/C16H25NO2/c1-2-3-4-5-6-7-12-17-15-10-8-14(9-11-15)16(19)13-18/h8-11,17-18H,2-7,12-13H2,1H3. The number of carbonyl (C=O) groups excluding carboxylic acids is 1. The number of aliphatic hydroxyl groups is 1. The quantitative estimate of drug-likeness (QED) is 0.500. The van der Waals surface area contributed by atoms with Crippen LogP contribution >= 0.6 is 0 Å². The van der Waals surface area contributed by atoms with Crippen LogP contribution in [-0.2, 0) is 0 Å². The van der Waals surface area contributed by atoms with Crippen molar-refractivity contribution in [2.75, 3.05) is 18.5 Å². The molecule has 0 aliphatic heterocycles. The zero-order valence-electron chi connectivity index (χ0n) is 11.8. The molecule has 0 atom stereocenters. The predicted molar refractivity (Wildman–Crippen MR) is 79.7 cm³/mol. The van der Waals surface area contributed by atoms with Gasteiger partial charge in [0, 0.05) is 17.8 Å². The van der Waals surface area contributed by atoms with Crippen LogP contribution in [-0.4, -0.2) is 24.0 Å². The average molecular weight is 263 g/mol. The van der Waals surface area contributed by atoms with Crippen LogP contribution in [0.25, 0.3) is 0 Å². The van der Waals surface area contributed by atoms with Gasteiger partial charge >= 0.3 is 0 Å². The number of nitrogens with one attached hydrogen (secondary N) is 1. The van der Waals surface area contributed by atoms with Crippen LogP contribution in [0.4, 0.5) is 5.69 Å². The Bertz CT molecular complexity index is 360. The first-order valence-corrected chi connectivity index (χ1v) is 7.26. The van der Waals surface area contributed by atoms with E-state index >= 15 is 0 Å². The third-order valence-corrected chi connectivity index (χ3v) is 3.21. The molecule has 2 N–H and O–H groups in total. The van der Waals surface area contributed by atoms with Crippen molar-refractivity contribution >= 4 is 11.5 Å². The topological polar surface area (TPSA) is 49.3 Å². The molecule has 0 unspecified atom stereocenters. The summed E-state index contributed by atoms with van der Waals surface area (Å²) in [5.41, 5.74) is 1.59. The number of rotatable bonds is 10. The Balaban J connectivity index is 2.18. The fraction of sp³-hybridized carbons (Fsp3) is 0.562. The van der Waals surface area contributed by atoms with Crippen LogP contribution in [0.5, 0.6) is 0 Å². The Labute approximate surface area is 116 Å². The monoisotopic (exact) mass is 263 g/mol. The van der Waals surface area contributed by atoms with Gasteiger partial charge in [0.05, 0.1) is 0 Å². The van der Waals surface area contributed by atoms with Gasteiger partial charge in [-0.3, -0.25) is 4.79 Å². The van der Waals surface area contributed by atoms with Gasteiger partial charge in [-0.1, -0.05) is 39.0 Å². The predicted octanol–water partition coefficient (Wildman–Crippen LogP) is 3.63. The van der Waals surface area contributed by atoms with Crippen molar-refractivity contribution < 1.29 is 9.90 Å². The lowest BCUT2D eigenvalue weighted by molar-refractivity contribution is 0.0904. The smallest absolute Gasteiger partial charge is 0.188 e. The molecule has 0 aromatic heterocycles. The summed E-state index contributed by atoms with van der Waals surface area (Å²) in [6.07, 6.45) is 7.74. The molecule has 0 amide bonds. The second-order valence-corrected chi connectivity index (χ2v) is 4.85. The Morgan fingerprint density at radius 3 is 2.32 bits per heavy atom. The Hall–Kier alpha value is -1.35. The zero-order chi connectivity index (χ0) is 13.9. The summed E-state index contributed by atoms with van der Waals surface area (Å²) in [5.74, 6) is -0.234. The summed E-state index contributed by atoms with van der Waals surface area (Å²) >= 11 is 0. The first-order valence-electron chi connectivity index (χ1n) is 7.26. The van der Waals surface area contributed by atoms with E-state index in [0.29, 0.717) is 5.56 Å². The Morgan fingerprint density at radius 1 is 1.05 bits per heavy atom. The molecule has 106 valence electrons. The molecule has 0 spiro atoms. The van der Waals surface area contributed by atoms with Crippen molar-refractivity contribution in [1.29, 1.82) is 0 Å².